The van der Waals surface area contributed by atoms with Gasteiger partial charge in [-0.05, 0) is 12.0 Å². The molecule has 106 valence electrons. The first-order valence-corrected chi connectivity index (χ1v) is 5.59. The first kappa shape index (κ1) is 17.2. The van der Waals surface area contributed by atoms with Gasteiger partial charge in [0.1, 0.15) is 6.61 Å². The van der Waals surface area contributed by atoms with Crippen molar-refractivity contribution in [3.05, 3.63) is 35.9 Å². The van der Waals surface area contributed by atoms with E-state index in [0.29, 0.717) is 6.42 Å². The van der Waals surface area contributed by atoms with E-state index in [4.69, 9.17) is 11.5 Å². The third-order valence-electron chi connectivity index (χ3n) is 2.28. The van der Waals surface area contributed by atoms with Crippen LogP contribution in [0.1, 0.15) is 5.56 Å². The summed E-state index contributed by atoms with van der Waals surface area (Å²) < 4.78 is 4.47. The van der Waals surface area contributed by atoms with Crippen molar-refractivity contribution in [3.8, 4) is 0 Å². The monoisotopic (exact) mass is 287 g/mol. The number of nitrogens with one attached hydrogen (secondary N) is 1. The zero-order valence-corrected chi connectivity index (χ0v) is 11.2. The molecule has 6 nitrogen and oxygen atoms in total. The number of hydrogen-bond donors (Lipinski definition) is 3. The molecule has 0 aliphatic rings. The Morgan fingerprint density at radius 3 is 2.47 bits per heavy atom. The van der Waals surface area contributed by atoms with Crippen LogP contribution in [-0.2, 0) is 16.0 Å². The van der Waals surface area contributed by atoms with Gasteiger partial charge < -0.3 is 21.5 Å². The number of halogens is 1. The lowest BCUT2D eigenvalue weighted by Crippen LogP contribution is -2.43. The van der Waals surface area contributed by atoms with Crippen LogP contribution in [0.15, 0.2) is 30.3 Å². The molecule has 2 amide bonds. The number of benzene rings is 1. The van der Waals surface area contributed by atoms with Gasteiger partial charge in [-0.15, -0.1) is 12.4 Å². The van der Waals surface area contributed by atoms with E-state index in [1.807, 2.05) is 30.3 Å². The van der Waals surface area contributed by atoms with Gasteiger partial charge in [0, 0.05) is 0 Å². The van der Waals surface area contributed by atoms with Crippen LogP contribution in [0, 0.1) is 0 Å². The van der Waals surface area contributed by atoms with E-state index >= 15 is 0 Å². The highest BCUT2D eigenvalue weighted by molar-refractivity contribution is 5.85. The van der Waals surface area contributed by atoms with Crippen LogP contribution < -0.4 is 16.8 Å². The lowest BCUT2D eigenvalue weighted by Gasteiger charge is -2.12. The molecule has 0 saturated heterocycles. The molecule has 19 heavy (non-hydrogen) atoms. The number of hydrogen-bond acceptors (Lipinski definition) is 4. The van der Waals surface area contributed by atoms with Crippen LogP contribution in [0.5, 0.6) is 0 Å². The van der Waals surface area contributed by atoms with Crippen molar-refractivity contribution in [2.45, 2.75) is 12.5 Å². The van der Waals surface area contributed by atoms with E-state index in [2.05, 4.69) is 10.1 Å². The van der Waals surface area contributed by atoms with Crippen molar-refractivity contribution in [2.75, 3.05) is 13.2 Å². The molecule has 5 N–H and O–H groups in total. The van der Waals surface area contributed by atoms with E-state index in [0.717, 1.165) is 5.56 Å². The zero-order chi connectivity index (χ0) is 13.4. The minimum atomic E-state index is -0.863. The second-order valence-electron chi connectivity index (χ2n) is 3.75. The molecule has 0 saturated carbocycles. The average molecular weight is 288 g/mol. The average Bonchev–Trinajstić information content (AvgIpc) is 2.35. The highest BCUT2D eigenvalue weighted by Gasteiger charge is 2.13. The summed E-state index contributed by atoms with van der Waals surface area (Å²) in [5, 5.41) is 2.56. The smallest absolute Gasteiger partial charge is 0.404 e. The van der Waals surface area contributed by atoms with E-state index in [1.54, 1.807) is 0 Å². The predicted octanol–water partition coefficient (Wildman–Crippen LogP) is 0.190. The van der Waals surface area contributed by atoms with Crippen LogP contribution in [0.4, 0.5) is 4.79 Å². The molecule has 0 aromatic heterocycles. The van der Waals surface area contributed by atoms with E-state index < -0.39 is 12.1 Å². The number of primary amides is 1. The number of ether oxygens (including phenoxy) is 1. The summed E-state index contributed by atoms with van der Waals surface area (Å²) in [5.41, 5.74) is 11.5. The van der Waals surface area contributed by atoms with Gasteiger partial charge in [-0.25, -0.2) is 4.79 Å². The Bertz CT molecular complexity index is 400. The van der Waals surface area contributed by atoms with Gasteiger partial charge in [0.05, 0.1) is 12.6 Å². The normalized spacial score (nSPS) is 11.0. The van der Waals surface area contributed by atoms with Crippen molar-refractivity contribution in [1.82, 2.24) is 5.32 Å². The Balaban J connectivity index is 0.00000324. The van der Waals surface area contributed by atoms with Gasteiger partial charge in [-0.1, -0.05) is 30.3 Å². The van der Waals surface area contributed by atoms with E-state index in [-0.39, 0.29) is 31.5 Å². The summed E-state index contributed by atoms with van der Waals surface area (Å²) in [7, 11) is 0. The summed E-state index contributed by atoms with van der Waals surface area (Å²) >= 11 is 0. The molecule has 1 aromatic carbocycles. The molecule has 0 heterocycles. The lowest BCUT2D eigenvalue weighted by atomic mass is 10.1. The number of amides is 2. The van der Waals surface area contributed by atoms with Crippen molar-refractivity contribution in [2.24, 2.45) is 11.5 Å². The van der Waals surface area contributed by atoms with Crippen LogP contribution in [0.3, 0.4) is 0 Å². The fraction of sp³-hybridized carbons (Fsp3) is 0.333. The van der Waals surface area contributed by atoms with E-state index in [1.165, 1.54) is 0 Å². The predicted molar refractivity (Wildman–Crippen MR) is 73.9 cm³/mol. The summed E-state index contributed by atoms with van der Waals surface area (Å²) in [4.78, 5) is 21.9. The molecule has 1 atom stereocenters. The molecule has 7 heteroatoms. The maximum Gasteiger partial charge on any atom is 0.404 e. The molecule has 0 radical (unpaired) electrons. The van der Waals surface area contributed by atoms with Crippen LogP contribution in [0.25, 0.3) is 0 Å². The fourth-order valence-corrected chi connectivity index (χ4v) is 1.42. The minimum absolute atomic E-state index is 0. The standard InChI is InChI=1S/C12H17N3O3.ClH/c13-10(8-9-4-2-1-3-5-9)11(16)15-6-7-18-12(14)17;/h1-5,10H,6-8,13H2,(H2,14,17)(H,15,16);1H. The number of nitrogens with two attached hydrogens (primary N) is 2. The maximum atomic E-state index is 11.6. The number of carbonyl (C=O) groups excluding carboxylic acids is 2. The van der Waals surface area contributed by atoms with Crippen molar-refractivity contribution >= 4 is 24.4 Å². The topological polar surface area (TPSA) is 107 Å². The first-order chi connectivity index (χ1) is 8.59. The quantitative estimate of drug-likeness (QED) is 0.649. The van der Waals surface area contributed by atoms with Crippen LogP contribution in [-0.4, -0.2) is 31.2 Å². The number of rotatable bonds is 6. The SMILES string of the molecule is Cl.NC(=O)OCCNC(=O)C(N)Cc1ccccc1. The maximum absolute atomic E-state index is 11.6. The number of carbonyl (C=O) groups is 2. The third kappa shape index (κ3) is 7.28. The summed E-state index contributed by atoms with van der Waals surface area (Å²) in [6.45, 7) is 0.239. The fourth-order valence-electron chi connectivity index (χ4n) is 1.42. The summed E-state index contributed by atoms with van der Waals surface area (Å²) in [6, 6.07) is 8.87. The molecule has 0 aliphatic heterocycles. The van der Waals surface area contributed by atoms with Gasteiger partial charge in [-0.2, -0.15) is 0 Å². The third-order valence-corrected chi connectivity index (χ3v) is 2.28. The first-order valence-electron chi connectivity index (χ1n) is 5.59. The van der Waals surface area contributed by atoms with Gasteiger partial charge in [0.15, 0.2) is 0 Å². The zero-order valence-electron chi connectivity index (χ0n) is 10.4. The van der Waals surface area contributed by atoms with Crippen LogP contribution in [0.2, 0.25) is 0 Å². The molecule has 1 unspecified atom stereocenters. The molecule has 0 aliphatic carbocycles. The Morgan fingerprint density at radius 2 is 1.89 bits per heavy atom. The largest absolute Gasteiger partial charge is 0.448 e. The van der Waals surface area contributed by atoms with Crippen LogP contribution >= 0.6 is 12.4 Å². The molecular weight excluding hydrogens is 270 g/mol. The molecule has 0 spiro atoms. The summed E-state index contributed by atoms with van der Waals surface area (Å²) in [5.74, 6) is -0.285. The second-order valence-corrected chi connectivity index (χ2v) is 3.75. The van der Waals surface area contributed by atoms with Gasteiger partial charge >= 0.3 is 6.09 Å². The second kappa shape index (κ2) is 9.18. The van der Waals surface area contributed by atoms with Crippen molar-refractivity contribution < 1.29 is 14.3 Å². The van der Waals surface area contributed by atoms with Gasteiger partial charge in [0.2, 0.25) is 5.91 Å². The molecule has 0 fully saturated rings. The minimum Gasteiger partial charge on any atom is -0.448 e. The molecular formula is C12H18ClN3O3. The summed E-state index contributed by atoms with van der Waals surface area (Å²) in [6.07, 6.45) is -0.401. The highest BCUT2D eigenvalue weighted by atomic mass is 35.5. The molecule has 1 aromatic rings. The van der Waals surface area contributed by atoms with Gasteiger partial charge in [0.25, 0.3) is 0 Å². The Labute approximate surface area is 117 Å². The van der Waals surface area contributed by atoms with Crippen molar-refractivity contribution in [1.29, 1.82) is 0 Å². The van der Waals surface area contributed by atoms with Crippen molar-refractivity contribution in [3.63, 3.8) is 0 Å². The molecule has 1 rings (SSSR count). The van der Waals surface area contributed by atoms with E-state index in [9.17, 15) is 9.59 Å². The Morgan fingerprint density at radius 1 is 1.26 bits per heavy atom. The lowest BCUT2D eigenvalue weighted by molar-refractivity contribution is -0.122. The molecule has 0 bridgehead atoms. The highest BCUT2D eigenvalue weighted by Crippen LogP contribution is 2.01. The Hall–Kier alpha value is -1.79. The van der Waals surface area contributed by atoms with Gasteiger partial charge in [-0.3, -0.25) is 4.79 Å². The Kier molecular flexibility index (Phi) is 8.32.